The smallest absolute Gasteiger partial charge is 0.0440 e. The first kappa shape index (κ1) is 37.0. The van der Waals surface area contributed by atoms with E-state index in [-0.39, 0.29) is 0 Å². The Kier molecular flexibility index (Phi) is 32.2. The van der Waals surface area contributed by atoms with Gasteiger partial charge in [0.15, 0.2) is 0 Å². The maximum atomic E-state index is 2.52. The van der Waals surface area contributed by atoms with Gasteiger partial charge in [0.2, 0.25) is 0 Å². The molecule has 0 fully saturated rings. The van der Waals surface area contributed by atoms with Crippen LogP contribution in [0, 0.1) is 11.8 Å². The van der Waals surface area contributed by atoms with Gasteiger partial charge >= 0.3 is 0 Å². The van der Waals surface area contributed by atoms with Crippen LogP contribution < -0.4 is 0 Å². The van der Waals surface area contributed by atoms with Crippen LogP contribution in [0.2, 0.25) is 0 Å². The van der Waals surface area contributed by atoms with E-state index in [4.69, 9.17) is 0 Å². The summed E-state index contributed by atoms with van der Waals surface area (Å²) in [6, 6.07) is 0. The molecule has 0 heteroatoms. The Labute approximate surface area is 238 Å². The van der Waals surface area contributed by atoms with Crippen LogP contribution in [0.4, 0.5) is 0 Å². The summed E-state index contributed by atoms with van der Waals surface area (Å²) in [5, 5.41) is 0. The SMILES string of the molecule is CCCCCCCCCCCCCCCCC(C)CC(C)CCCCCCCCCCCCCCCC. The van der Waals surface area contributed by atoms with Crippen molar-refractivity contribution >= 4 is 0 Å². The minimum absolute atomic E-state index is 0.943. The minimum Gasteiger partial charge on any atom is -0.0654 e. The molecule has 0 nitrogen and oxygen atoms in total. The van der Waals surface area contributed by atoms with E-state index in [2.05, 4.69) is 27.7 Å². The van der Waals surface area contributed by atoms with Gasteiger partial charge < -0.3 is 0 Å². The van der Waals surface area contributed by atoms with Crippen molar-refractivity contribution in [2.45, 2.75) is 227 Å². The largest absolute Gasteiger partial charge is 0.0654 e. The Morgan fingerprint density at radius 2 is 0.459 bits per heavy atom. The third kappa shape index (κ3) is 32.1. The molecule has 0 aliphatic carbocycles. The average Bonchev–Trinajstić information content (AvgIpc) is 2.89. The highest BCUT2D eigenvalue weighted by Gasteiger charge is 2.08. The van der Waals surface area contributed by atoms with Gasteiger partial charge in [-0.15, -0.1) is 0 Å². The van der Waals surface area contributed by atoms with Gasteiger partial charge in [0.25, 0.3) is 0 Å². The summed E-state index contributed by atoms with van der Waals surface area (Å²) in [5.41, 5.74) is 0. The predicted molar refractivity (Wildman–Crippen MR) is 173 cm³/mol. The predicted octanol–water partition coefficient (Wildman–Crippen LogP) is 14.4. The first-order valence-electron chi connectivity index (χ1n) is 18.2. The fourth-order valence-corrected chi connectivity index (χ4v) is 6.30. The van der Waals surface area contributed by atoms with Crippen molar-refractivity contribution in [1.82, 2.24) is 0 Å². The number of unbranched alkanes of at least 4 members (excludes halogenated alkanes) is 26. The van der Waals surface area contributed by atoms with E-state index >= 15 is 0 Å². The molecule has 0 N–H and O–H groups in total. The van der Waals surface area contributed by atoms with Gasteiger partial charge in [-0.05, 0) is 18.3 Å². The van der Waals surface area contributed by atoms with Gasteiger partial charge in [-0.1, -0.05) is 220 Å². The lowest BCUT2D eigenvalue weighted by atomic mass is 9.89. The van der Waals surface area contributed by atoms with Crippen molar-refractivity contribution in [2.24, 2.45) is 11.8 Å². The highest BCUT2D eigenvalue weighted by Crippen LogP contribution is 2.23. The highest BCUT2D eigenvalue weighted by atomic mass is 14.1. The Morgan fingerprint density at radius 1 is 0.270 bits per heavy atom. The zero-order valence-corrected chi connectivity index (χ0v) is 27.1. The Morgan fingerprint density at radius 3 is 0.676 bits per heavy atom. The molecule has 2 atom stereocenters. The molecule has 0 aromatic heterocycles. The van der Waals surface area contributed by atoms with Gasteiger partial charge in [0, 0.05) is 0 Å². The number of rotatable bonds is 32. The van der Waals surface area contributed by atoms with Crippen LogP contribution in [-0.4, -0.2) is 0 Å². The van der Waals surface area contributed by atoms with Crippen LogP contribution >= 0.6 is 0 Å². The molecule has 0 heterocycles. The molecule has 37 heavy (non-hydrogen) atoms. The number of hydrogen-bond acceptors (Lipinski definition) is 0. The van der Waals surface area contributed by atoms with E-state index in [0.717, 1.165) is 11.8 Å². The van der Waals surface area contributed by atoms with Crippen LogP contribution in [0.15, 0.2) is 0 Å². The molecule has 0 aliphatic heterocycles. The summed E-state index contributed by atoms with van der Waals surface area (Å²) >= 11 is 0. The summed E-state index contributed by atoms with van der Waals surface area (Å²) in [6.07, 6.45) is 45.6. The van der Waals surface area contributed by atoms with Crippen molar-refractivity contribution in [2.75, 3.05) is 0 Å². The average molecular weight is 521 g/mol. The summed E-state index contributed by atoms with van der Waals surface area (Å²) < 4.78 is 0. The second-order valence-corrected chi connectivity index (χ2v) is 13.2. The summed E-state index contributed by atoms with van der Waals surface area (Å²) in [4.78, 5) is 0. The molecule has 2 unspecified atom stereocenters. The fraction of sp³-hybridized carbons (Fsp3) is 1.00. The molecular formula is C37H76. The molecule has 0 aromatic rings. The topological polar surface area (TPSA) is 0 Å². The lowest BCUT2D eigenvalue weighted by Crippen LogP contribution is -2.03. The maximum Gasteiger partial charge on any atom is -0.0440 e. The second-order valence-electron chi connectivity index (χ2n) is 13.2. The van der Waals surface area contributed by atoms with E-state index in [0.29, 0.717) is 0 Å². The molecule has 0 saturated carbocycles. The molecule has 0 saturated heterocycles. The lowest BCUT2D eigenvalue weighted by molar-refractivity contribution is 0.356. The van der Waals surface area contributed by atoms with Crippen molar-refractivity contribution in [3.63, 3.8) is 0 Å². The van der Waals surface area contributed by atoms with Crippen molar-refractivity contribution in [3.05, 3.63) is 0 Å². The molecule has 0 spiro atoms. The fourth-order valence-electron chi connectivity index (χ4n) is 6.30. The quantitative estimate of drug-likeness (QED) is 0.0773. The van der Waals surface area contributed by atoms with Gasteiger partial charge in [-0.25, -0.2) is 0 Å². The molecule has 0 amide bonds. The van der Waals surface area contributed by atoms with Crippen molar-refractivity contribution < 1.29 is 0 Å². The van der Waals surface area contributed by atoms with Crippen LogP contribution in [0.25, 0.3) is 0 Å². The first-order chi connectivity index (χ1) is 18.2. The van der Waals surface area contributed by atoms with Crippen LogP contribution in [-0.2, 0) is 0 Å². The summed E-state index contributed by atoms with van der Waals surface area (Å²) in [7, 11) is 0. The van der Waals surface area contributed by atoms with Gasteiger partial charge in [-0.3, -0.25) is 0 Å². The summed E-state index contributed by atoms with van der Waals surface area (Å²) in [6.45, 7) is 9.65. The van der Waals surface area contributed by atoms with Crippen LogP contribution in [0.5, 0.6) is 0 Å². The monoisotopic (exact) mass is 521 g/mol. The van der Waals surface area contributed by atoms with E-state index in [9.17, 15) is 0 Å². The third-order valence-corrected chi connectivity index (χ3v) is 8.91. The Hall–Kier alpha value is 0. The minimum atomic E-state index is 0.943. The molecule has 0 rings (SSSR count). The lowest BCUT2D eigenvalue weighted by Gasteiger charge is -2.17. The Bertz CT molecular complexity index is 349. The first-order valence-corrected chi connectivity index (χ1v) is 18.2. The maximum absolute atomic E-state index is 2.52. The van der Waals surface area contributed by atoms with Gasteiger partial charge in [-0.2, -0.15) is 0 Å². The zero-order valence-electron chi connectivity index (χ0n) is 27.1. The Balaban J connectivity index is 3.27. The second kappa shape index (κ2) is 32.2. The van der Waals surface area contributed by atoms with E-state index in [1.54, 1.807) is 0 Å². The molecule has 224 valence electrons. The van der Waals surface area contributed by atoms with Gasteiger partial charge in [0.05, 0.1) is 0 Å². The molecule has 0 aliphatic rings. The van der Waals surface area contributed by atoms with Gasteiger partial charge in [0.1, 0.15) is 0 Å². The van der Waals surface area contributed by atoms with Crippen molar-refractivity contribution in [1.29, 1.82) is 0 Å². The van der Waals surface area contributed by atoms with E-state index in [1.165, 1.54) is 199 Å². The molecule has 0 bridgehead atoms. The summed E-state index contributed by atoms with van der Waals surface area (Å²) in [5.74, 6) is 1.89. The molecular weight excluding hydrogens is 444 g/mol. The van der Waals surface area contributed by atoms with Crippen LogP contribution in [0.1, 0.15) is 227 Å². The highest BCUT2D eigenvalue weighted by molar-refractivity contribution is 4.61. The normalized spacial score (nSPS) is 13.3. The van der Waals surface area contributed by atoms with Crippen LogP contribution in [0.3, 0.4) is 0 Å². The third-order valence-electron chi connectivity index (χ3n) is 8.91. The molecule has 0 radical (unpaired) electrons. The molecule has 0 aromatic carbocycles. The van der Waals surface area contributed by atoms with E-state index in [1.807, 2.05) is 0 Å². The standard InChI is InChI=1S/C37H76/c1-5-7-9-11-13-15-17-19-21-23-25-27-29-31-33-36(3)35-37(4)34-32-30-28-26-24-22-20-18-16-14-12-10-8-6-2/h36-37H,5-35H2,1-4H3. The van der Waals surface area contributed by atoms with Crippen molar-refractivity contribution in [3.8, 4) is 0 Å². The zero-order chi connectivity index (χ0) is 27.1. The van der Waals surface area contributed by atoms with E-state index < -0.39 is 0 Å². The number of hydrogen-bond donors (Lipinski definition) is 0.